The fraction of sp³-hybridized carbons (Fsp3) is 0.167. The SMILES string of the molecule is CCOc1ccc(C(=O)Nc2ccc(-c3nc4cc(C)cc(C)c4o3)cc2)cc1. The zero-order valence-corrected chi connectivity index (χ0v) is 16.7. The summed E-state index contributed by atoms with van der Waals surface area (Å²) in [5, 5.41) is 2.90. The lowest BCUT2D eigenvalue weighted by atomic mass is 10.1. The fourth-order valence-corrected chi connectivity index (χ4v) is 3.27. The van der Waals surface area contributed by atoms with Gasteiger partial charge in [-0.25, -0.2) is 4.98 Å². The summed E-state index contributed by atoms with van der Waals surface area (Å²) in [6.07, 6.45) is 0. The summed E-state index contributed by atoms with van der Waals surface area (Å²) in [6, 6.07) is 18.6. The van der Waals surface area contributed by atoms with Gasteiger partial charge in [0.15, 0.2) is 5.58 Å². The Balaban J connectivity index is 1.50. The number of rotatable bonds is 5. The fourth-order valence-electron chi connectivity index (χ4n) is 3.27. The average Bonchev–Trinajstić information content (AvgIpc) is 3.14. The van der Waals surface area contributed by atoms with Gasteiger partial charge >= 0.3 is 0 Å². The minimum absolute atomic E-state index is 0.172. The van der Waals surface area contributed by atoms with Crippen molar-refractivity contribution in [2.24, 2.45) is 0 Å². The quantitative estimate of drug-likeness (QED) is 0.473. The molecule has 1 heterocycles. The van der Waals surface area contributed by atoms with Crippen LogP contribution in [0.3, 0.4) is 0 Å². The Kier molecular flexibility index (Phi) is 5.04. The van der Waals surface area contributed by atoms with Gasteiger partial charge in [-0.15, -0.1) is 0 Å². The number of carbonyl (C=O) groups excluding carboxylic acids is 1. The summed E-state index contributed by atoms with van der Waals surface area (Å²) >= 11 is 0. The minimum Gasteiger partial charge on any atom is -0.494 e. The monoisotopic (exact) mass is 386 g/mol. The molecule has 5 heteroatoms. The van der Waals surface area contributed by atoms with Crippen molar-refractivity contribution < 1.29 is 13.9 Å². The lowest BCUT2D eigenvalue weighted by Crippen LogP contribution is -2.11. The molecule has 1 N–H and O–H groups in total. The molecular formula is C24H22N2O3. The van der Waals surface area contributed by atoms with Crippen LogP contribution >= 0.6 is 0 Å². The van der Waals surface area contributed by atoms with Gasteiger partial charge in [-0.3, -0.25) is 4.79 Å². The Morgan fingerprint density at radius 3 is 2.45 bits per heavy atom. The molecule has 0 saturated heterocycles. The largest absolute Gasteiger partial charge is 0.494 e. The summed E-state index contributed by atoms with van der Waals surface area (Å²) in [5.74, 6) is 1.14. The van der Waals surface area contributed by atoms with E-state index in [1.54, 1.807) is 24.3 Å². The molecule has 0 aliphatic rings. The van der Waals surface area contributed by atoms with E-state index in [0.29, 0.717) is 23.7 Å². The van der Waals surface area contributed by atoms with Crippen molar-refractivity contribution in [1.29, 1.82) is 0 Å². The molecule has 0 atom stereocenters. The molecule has 1 aromatic heterocycles. The van der Waals surface area contributed by atoms with Gasteiger partial charge in [0.1, 0.15) is 11.3 Å². The van der Waals surface area contributed by atoms with E-state index in [4.69, 9.17) is 9.15 Å². The standard InChI is InChI=1S/C24H22N2O3/c1-4-28-20-11-7-17(8-12-20)23(27)25-19-9-5-18(6-10-19)24-26-21-14-15(2)13-16(3)22(21)29-24/h5-14H,4H2,1-3H3,(H,25,27). The van der Waals surface area contributed by atoms with E-state index >= 15 is 0 Å². The second-order valence-corrected chi connectivity index (χ2v) is 6.94. The third-order valence-electron chi connectivity index (χ3n) is 4.64. The van der Waals surface area contributed by atoms with E-state index in [0.717, 1.165) is 33.5 Å². The maximum Gasteiger partial charge on any atom is 0.255 e. The Hall–Kier alpha value is -3.60. The number of hydrogen-bond acceptors (Lipinski definition) is 4. The van der Waals surface area contributed by atoms with Gasteiger partial charge in [0.25, 0.3) is 5.91 Å². The summed E-state index contributed by atoms with van der Waals surface area (Å²) < 4.78 is 11.4. The lowest BCUT2D eigenvalue weighted by Gasteiger charge is -2.07. The Bertz CT molecular complexity index is 1160. The number of oxazole rings is 1. The normalized spacial score (nSPS) is 10.9. The molecule has 1 amide bonds. The molecule has 4 aromatic rings. The zero-order chi connectivity index (χ0) is 20.4. The first-order chi connectivity index (χ1) is 14.0. The highest BCUT2D eigenvalue weighted by Crippen LogP contribution is 2.28. The third kappa shape index (κ3) is 3.99. The summed E-state index contributed by atoms with van der Waals surface area (Å²) in [4.78, 5) is 17.0. The summed E-state index contributed by atoms with van der Waals surface area (Å²) in [5.41, 5.74) is 6.01. The molecule has 0 fully saturated rings. The molecule has 4 rings (SSSR count). The number of hydrogen-bond donors (Lipinski definition) is 1. The maximum absolute atomic E-state index is 12.4. The Labute approximate surface area is 169 Å². The van der Waals surface area contributed by atoms with E-state index in [1.807, 2.05) is 51.1 Å². The van der Waals surface area contributed by atoms with Crippen LogP contribution in [-0.4, -0.2) is 17.5 Å². The Morgan fingerprint density at radius 2 is 1.76 bits per heavy atom. The highest BCUT2D eigenvalue weighted by atomic mass is 16.5. The number of anilines is 1. The zero-order valence-electron chi connectivity index (χ0n) is 16.7. The average molecular weight is 386 g/mol. The number of aryl methyl sites for hydroxylation is 2. The number of nitrogens with zero attached hydrogens (tertiary/aromatic N) is 1. The summed E-state index contributed by atoms with van der Waals surface area (Å²) in [7, 11) is 0. The molecule has 0 radical (unpaired) electrons. The number of fused-ring (bicyclic) bond motifs is 1. The molecule has 3 aromatic carbocycles. The van der Waals surface area contributed by atoms with Crippen molar-refractivity contribution in [3.63, 3.8) is 0 Å². The molecule has 0 saturated carbocycles. The second-order valence-electron chi connectivity index (χ2n) is 6.94. The molecule has 0 aliphatic heterocycles. The predicted molar refractivity (Wildman–Crippen MR) is 114 cm³/mol. The van der Waals surface area contributed by atoms with Crippen molar-refractivity contribution in [3.8, 4) is 17.2 Å². The number of ether oxygens (including phenoxy) is 1. The first kappa shape index (κ1) is 18.7. The number of amides is 1. The molecule has 5 nitrogen and oxygen atoms in total. The molecule has 0 aliphatic carbocycles. The number of benzene rings is 3. The first-order valence-electron chi connectivity index (χ1n) is 9.56. The second kappa shape index (κ2) is 7.80. The lowest BCUT2D eigenvalue weighted by molar-refractivity contribution is 0.102. The van der Waals surface area contributed by atoms with Crippen LogP contribution in [-0.2, 0) is 0 Å². The van der Waals surface area contributed by atoms with E-state index in [-0.39, 0.29) is 5.91 Å². The number of nitrogens with one attached hydrogen (secondary N) is 1. The van der Waals surface area contributed by atoms with Crippen molar-refractivity contribution in [2.45, 2.75) is 20.8 Å². The van der Waals surface area contributed by atoms with Crippen molar-refractivity contribution in [3.05, 3.63) is 77.4 Å². The highest BCUT2D eigenvalue weighted by molar-refractivity contribution is 6.04. The van der Waals surface area contributed by atoms with Gasteiger partial charge in [-0.2, -0.15) is 0 Å². The Morgan fingerprint density at radius 1 is 1.03 bits per heavy atom. The van der Waals surface area contributed by atoms with Gasteiger partial charge in [0.2, 0.25) is 5.89 Å². The molecule has 146 valence electrons. The minimum atomic E-state index is -0.172. The molecule has 0 bridgehead atoms. The smallest absolute Gasteiger partial charge is 0.255 e. The highest BCUT2D eigenvalue weighted by Gasteiger charge is 2.12. The topological polar surface area (TPSA) is 64.4 Å². The van der Waals surface area contributed by atoms with Crippen LogP contribution in [0.5, 0.6) is 5.75 Å². The van der Waals surface area contributed by atoms with Crippen LogP contribution in [0.1, 0.15) is 28.4 Å². The van der Waals surface area contributed by atoms with E-state index in [1.165, 1.54) is 0 Å². The van der Waals surface area contributed by atoms with Gasteiger partial charge in [-0.1, -0.05) is 6.07 Å². The molecule has 0 spiro atoms. The van der Waals surface area contributed by atoms with Crippen LogP contribution in [0.4, 0.5) is 5.69 Å². The van der Waals surface area contributed by atoms with Crippen LogP contribution in [0, 0.1) is 13.8 Å². The van der Waals surface area contributed by atoms with E-state index in [9.17, 15) is 4.79 Å². The maximum atomic E-state index is 12.4. The van der Waals surface area contributed by atoms with E-state index < -0.39 is 0 Å². The van der Waals surface area contributed by atoms with Gasteiger partial charge in [-0.05, 0) is 86.5 Å². The van der Waals surface area contributed by atoms with Crippen LogP contribution in [0.2, 0.25) is 0 Å². The number of carbonyl (C=O) groups is 1. The van der Waals surface area contributed by atoms with Gasteiger partial charge in [0, 0.05) is 16.8 Å². The van der Waals surface area contributed by atoms with Gasteiger partial charge < -0.3 is 14.5 Å². The molecule has 29 heavy (non-hydrogen) atoms. The van der Waals surface area contributed by atoms with Crippen molar-refractivity contribution in [1.82, 2.24) is 4.98 Å². The molecule has 0 unspecified atom stereocenters. The number of aromatic nitrogens is 1. The van der Waals surface area contributed by atoms with Crippen molar-refractivity contribution in [2.75, 3.05) is 11.9 Å². The van der Waals surface area contributed by atoms with E-state index in [2.05, 4.69) is 16.4 Å². The third-order valence-corrected chi connectivity index (χ3v) is 4.64. The van der Waals surface area contributed by atoms with Crippen LogP contribution < -0.4 is 10.1 Å². The summed E-state index contributed by atoms with van der Waals surface area (Å²) in [6.45, 7) is 6.58. The molecular weight excluding hydrogens is 364 g/mol. The van der Waals surface area contributed by atoms with Crippen LogP contribution in [0.25, 0.3) is 22.6 Å². The first-order valence-corrected chi connectivity index (χ1v) is 9.56. The predicted octanol–water partition coefficient (Wildman–Crippen LogP) is 5.76. The van der Waals surface area contributed by atoms with Crippen LogP contribution in [0.15, 0.2) is 65.1 Å². The van der Waals surface area contributed by atoms with Crippen molar-refractivity contribution >= 4 is 22.7 Å². The van der Waals surface area contributed by atoms with Gasteiger partial charge in [0.05, 0.1) is 6.61 Å².